The summed E-state index contributed by atoms with van der Waals surface area (Å²) >= 11 is 0. The minimum Gasteiger partial charge on any atom is -0.376 e. The first-order valence-electron chi connectivity index (χ1n) is 12.8. The maximum atomic E-state index is 14.2. The van der Waals surface area contributed by atoms with E-state index in [0.717, 1.165) is 29.7 Å². The molecule has 2 N–H and O–H groups in total. The van der Waals surface area contributed by atoms with E-state index in [2.05, 4.69) is 10.3 Å². The van der Waals surface area contributed by atoms with Crippen LogP contribution in [-0.4, -0.2) is 36.1 Å². The maximum Gasteiger partial charge on any atom is 0.275 e. The predicted octanol–water partition coefficient (Wildman–Crippen LogP) is 5.81. The highest BCUT2D eigenvalue weighted by atomic mass is 19.1. The molecule has 6 nitrogen and oxygen atoms in total. The van der Waals surface area contributed by atoms with Crippen molar-refractivity contribution in [2.24, 2.45) is 0 Å². The van der Waals surface area contributed by atoms with Crippen molar-refractivity contribution in [3.63, 3.8) is 0 Å². The monoisotopic (exact) mass is 511 g/mol. The third-order valence-corrected chi connectivity index (χ3v) is 6.72. The molecule has 5 rings (SSSR count). The molecule has 0 saturated carbocycles. The maximum absolute atomic E-state index is 14.2. The molecule has 4 aromatic rings. The van der Waals surface area contributed by atoms with Gasteiger partial charge in [-0.3, -0.25) is 14.5 Å². The number of aromatic nitrogens is 1. The lowest BCUT2D eigenvalue weighted by Crippen LogP contribution is -2.45. The Labute approximate surface area is 221 Å². The number of hydrogen-bond donors (Lipinski definition) is 2. The first kappa shape index (κ1) is 25.4. The van der Waals surface area contributed by atoms with Gasteiger partial charge in [0.25, 0.3) is 5.91 Å². The standard InChI is InChI=1S/C31H30FN3O3/c1-21-7-5-10-25(19-21)35(31(37)28-17-16-27(34-28)22-8-3-2-4-9-22)29(23-12-14-24(32)15-13-23)30(36)33-20-26-11-6-18-38-26/h2-5,7-10,12-17,19,26,29,34H,6,11,18,20H2,1H3,(H,33,36). The number of carbonyl (C=O) groups excluding carboxylic acids is 2. The number of carbonyl (C=O) groups is 2. The van der Waals surface area contributed by atoms with E-state index < -0.39 is 11.9 Å². The lowest BCUT2D eigenvalue weighted by molar-refractivity contribution is -0.123. The molecule has 2 heterocycles. The number of H-pyrrole nitrogens is 1. The van der Waals surface area contributed by atoms with Crippen molar-refractivity contribution in [1.82, 2.24) is 10.3 Å². The van der Waals surface area contributed by atoms with Crippen LogP contribution in [-0.2, 0) is 9.53 Å². The summed E-state index contributed by atoms with van der Waals surface area (Å²) < 4.78 is 19.5. The van der Waals surface area contributed by atoms with Crippen LogP contribution in [0, 0.1) is 12.7 Å². The molecular formula is C31H30FN3O3. The number of hydrogen-bond acceptors (Lipinski definition) is 3. The molecule has 2 unspecified atom stereocenters. The van der Waals surface area contributed by atoms with Crippen LogP contribution >= 0.6 is 0 Å². The molecule has 1 aliphatic heterocycles. The van der Waals surface area contributed by atoms with Crippen LogP contribution in [0.25, 0.3) is 11.3 Å². The predicted molar refractivity (Wildman–Crippen MR) is 145 cm³/mol. The second-order valence-electron chi connectivity index (χ2n) is 9.50. The summed E-state index contributed by atoms with van der Waals surface area (Å²) in [4.78, 5) is 32.6. The second-order valence-corrected chi connectivity index (χ2v) is 9.50. The molecule has 1 aliphatic rings. The van der Waals surface area contributed by atoms with Gasteiger partial charge in [-0.15, -0.1) is 0 Å². The number of amides is 2. The van der Waals surface area contributed by atoms with Crippen molar-refractivity contribution in [3.05, 3.63) is 114 Å². The van der Waals surface area contributed by atoms with Gasteiger partial charge in [0.1, 0.15) is 17.6 Å². The summed E-state index contributed by atoms with van der Waals surface area (Å²) in [5, 5.41) is 2.98. The smallest absolute Gasteiger partial charge is 0.275 e. The summed E-state index contributed by atoms with van der Waals surface area (Å²) in [6.45, 7) is 2.94. The first-order valence-corrected chi connectivity index (χ1v) is 12.8. The fourth-order valence-electron chi connectivity index (χ4n) is 4.78. The normalized spacial score (nSPS) is 15.7. The number of halogens is 1. The minimum absolute atomic E-state index is 0.0622. The van der Waals surface area contributed by atoms with Crippen LogP contribution < -0.4 is 10.2 Å². The number of aryl methyl sites for hydroxylation is 1. The number of aromatic amines is 1. The van der Waals surface area contributed by atoms with Crippen LogP contribution in [0.1, 0.15) is 40.5 Å². The van der Waals surface area contributed by atoms with E-state index in [1.54, 1.807) is 24.3 Å². The molecule has 0 bridgehead atoms. The van der Waals surface area contributed by atoms with E-state index in [9.17, 15) is 14.0 Å². The fraction of sp³-hybridized carbons (Fsp3) is 0.226. The third kappa shape index (κ3) is 5.68. The Morgan fingerprint density at radius 2 is 1.82 bits per heavy atom. The Hall–Kier alpha value is -4.23. The molecule has 2 amide bonds. The Kier molecular flexibility index (Phi) is 7.65. The Morgan fingerprint density at radius 3 is 2.53 bits per heavy atom. The van der Waals surface area contributed by atoms with Gasteiger partial charge in [-0.05, 0) is 72.9 Å². The van der Waals surface area contributed by atoms with Gasteiger partial charge in [0, 0.05) is 24.5 Å². The zero-order valence-electron chi connectivity index (χ0n) is 21.2. The van der Waals surface area contributed by atoms with E-state index in [-0.39, 0.29) is 17.9 Å². The van der Waals surface area contributed by atoms with Gasteiger partial charge in [-0.2, -0.15) is 0 Å². The molecule has 1 saturated heterocycles. The molecule has 194 valence electrons. The molecule has 7 heteroatoms. The molecule has 3 aromatic carbocycles. The topological polar surface area (TPSA) is 74.4 Å². The summed E-state index contributed by atoms with van der Waals surface area (Å²) in [7, 11) is 0. The zero-order valence-corrected chi connectivity index (χ0v) is 21.2. The van der Waals surface area contributed by atoms with Crippen molar-refractivity contribution in [3.8, 4) is 11.3 Å². The second kappa shape index (κ2) is 11.4. The summed E-state index contributed by atoms with van der Waals surface area (Å²) in [5.41, 5.74) is 4.07. The van der Waals surface area contributed by atoms with Crippen LogP contribution in [0.3, 0.4) is 0 Å². The fourth-order valence-corrected chi connectivity index (χ4v) is 4.78. The van der Waals surface area contributed by atoms with E-state index >= 15 is 0 Å². The van der Waals surface area contributed by atoms with Gasteiger partial charge >= 0.3 is 0 Å². The lowest BCUT2D eigenvalue weighted by Gasteiger charge is -2.31. The highest BCUT2D eigenvalue weighted by molar-refractivity contribution is 6.09. The number of nitrogens with zero attached hydrogens (tertiary/aromatic N) is 1. The van der Waals surface area contributed by atoms with Crippen molar-refractivity contribution in [2.45, 2.75) is 31.9 Å². The Morgan fingerprint density at radius 1 is 1.03 bits per heavy atom. The number of anilines is 1. The summed E-state index contributed by atoms with van der Waals surface area (Å²) in [6, 6.07) is 25.4. The van der Waals surface area contributed by atoms with Gasteiger partial charge in [-0.1, -0.05) is 54.6 Å². The molecule has 1 fully saturated rings. The molecular weight excluding hydrogens is 481 g/mol. The van der Waals surface area contributed by atoms with Crippen molar-refractivity contribution in [2.75, 3.05) is 18.1 Å². The third-order valence-electron chi connectivity index (χ3n) is 6.72. The molecule has 2 atom stereocenters. The number of nitrogens with one attached hydrogen (secondary N) is 2. The average molecular weight is 512 g/mol. The van der Waals surface area contributed by atoms with Gasteiger partial charge < -0.3 is 15.0 Å². The highest BCUT2D eigenvalue weighted by Gasteiger charge is 2.34. The lowest BCUT2D eigenvalue weighted by atomic mass is 10.0. The molecule has 0 spiro atoms. The van der Waals surface area contributed by atoms with Gasteiger partial charge in [0.15, 0.2) is 0 Å². The molecule has 38 heavy (non-hydrogen) atoms. The number of rotatable bonds is 8. The van der Waals surface area contributed by atoms with Crippen molar-refractivity contribution >= 4 is 17.5 Å². The minimum atomic E-state index is -1.03. The SMILES string of the molecule is Cc1cccc(N(C(=O)c2ccc(-c3ccccc3)[nH]2)C(C(=O)NCC2CCCO2)c2ccc(F)cc2)c1. The van der Waals surface area contributed by atoms with Crippen molar-refractivity contribution < 1.29 is 18.7 Å². The first-order chi connectivity index (χ1) is 18.5. The summed E-state index contributed by atoms with van der Waals surface area (Å²) in [6.07, 6.45) is 1.76. The number of ether oxygens (including phenoxy) is 1. The van der Waals surface area contributed by atoms with Crippen LogP contribution in [0.5, 0.6) is 0 Å². The van der Waals surface area contributed by atoms with Gasteiger partial charge in [0.2, 0.25) is 5.91 Å². The summed E-state index contributed by atoms with van der Waals surface area (Å²) in [5.74, 6) is -1.16. The van der Waals surface area contributed by atoms with Gasteiger partial charge in [0.05, 0.1) is 6.10 Å². The Bertz CT molecular complexity index is 1400. The average Bonchev–Trinajstić information content (AvgIpc) is 3.64. The molecule has 1 aromatic heterocycles. The molecule has 0 radical (unpaired) electrons. The zero-order chi connectivity index (χ0) is 26.5. The van der Waals surface area contributed by atoms with Crippen LogP contribution in [0.15, 0.2) is 91.0 Å². The van der Waals surface area contributed by atoms with Crippen molar-refractivity contribution in [1.29, 1.82) is 0 Å². The quantitative estimate of drug-likeness (QED) is 0.313. The Balaban J connectivity index is 1.55. The van der Waals surface area contributed by atoms with E-state index in [4.69, 9.17) is 4.74 Å². The van der Waals surface area contributed by atoms with Crippen LogP contribution in [0.4, 0.5) is 10.1 Å². The van der Waals surface area contributed by atoms with Crippen LogP contribution in [0.2, 0.25) is 0 Å². The largest absolute Gasteiger partial charge is 0.376 e. The number of benzene rings is 3. The molecule has 0 aliphatic carbocycles. The van der Waals surface area contributed by atoms with Gasteiger partial charge in [-0.25, -0.2) is 4.39 Å². The van der Waals surface area contributed by atoms with E-state index in [1.165, 1.54) is 17.0 Å². The highest BCUT2D eigenvalue weighted by Crippen LogP contribution is 2.31. The van der Waals surface area contributed by atoms with E-state index in [0.29, 0.717) is 30.1 Å². The van der Waals surface area contributed by atoms with E-state index in [1.807, 2.05) is 61.5 Å².